The van der Waals surface area contributed by atoms with Crippen LogP contribution in [0.4, 0.5) is 5.69 Å². The lowest BCUT2D eigenvalue weighted by Gasteiger charge is -2.32. The van der Waals surface area contributed by atoms with Crippen molar-refractivity contribution in [1.82, 2.24) is 0 Å². The van der Waals surface area contributed by atoms with Crippen LogP contribution in [0.25, 0.3) is 0 Å². The second kappa shape index (κ2) is 3.62. The van der Waals surface area contributed by atoms with Gasteiger partial charge in [-0.25, -0.2) is 0 Å². The Balaban J connectivity index is 2.46. The topological polar surface area (TPSA) is 21.3 Å². The summed E-state index contributed by atoms with van der Waals surface area (Å²) in [5.74, 6) is 0.536. The number of anilines is 1. The van der Waals surface area contributed by atoms with Crippen molar-refractivity contribution in [3.05, 3.63) is 29.3 Å². The van der Waals surface area contributed by atoms with Crippen LogP contribution in [-0.2, 0) is 4.74 Å². The number of methoxy groups -OCH3 is 1. The standard InChI is InChI=1S/C12H17NO/c1-8-5-4-6-10-11(8)13-7-9(2)12(10)14-3/h4-6,9,12-13H,7H2,1-3H3. The van der Waals surface area contributed by atoms with Crippen molar-refractivity contribution in [3.8, 4) is 0 Å². The highest BCUT2D eigenvalue weighted by Gasteiger charge is 2.26. The first-order valence-corrected chi connectivity index (χ1v) is 5.10. The summed E-state index contributed by atoms with van der Waals surface area (Å²) in [6.07, 6.45) is 0.242. The number of ether oxygens (including phenoxy) is 1. The monoisotopic (exact) mass is 191 g/mol. The Kier molecular flexibility index (Phi) is 2.46. The van der Waals surface area contributed by atoms with E-state index in [2.05, 4.69) is 37.4 Å². The molecule has 0 radical (unpaired) electrons. The summed E-state index contributed by atoms with van der Waals surface area (Å²) in [7, 11) is 1.79. The van der Waals surface area contributed by atoms with Gasteiger partial charge in [-0.15, -0.1) is 0 Å². The molecule has 2 unspecified atom stereocenters. The fourth-order valence-electron chi connectivity index (χ4n) is 2.20. The Morgan fingerprint density at radius 3 is 2.93 bits per heavy atom. The maximum atomic E-state index is 5.54. The van der Waals surface area contributed by atoms with Crippen LogP contribution in [-0.4, -0.2) is 13.7 Å². The lowest BCUT2D eigenvalue weighted by molar-refractivity contribution is 0.0596. The van der Waals surface area contributed by atoms with E-state index in [0.29, 0.717) is 5.92 Å². The minimum atomic E-state index is 0.242. The molecular formula is C12H17NO. The first kappa shape index (κ1) is 9.53. The third-order valence-corrected chi connectivity index (χ3v) is 2.98. The minimum Gasteiger partial charge on any atom is -0.384 e. The van der Waals surface area contributed by atoms with Crippen molar-refractivity contribution in [1.29, 1.82) is 0 Å². The van der Waals surface area contributed by atoms with E-state index in [4.69, 9.17) is 4.74 Å². The van der Waals surface area contributed by atoms with Gasteiger partial charge in [-0.3, -0.25) is 0 Å². The second-order valence-corrected chi connectivity index (χ2v) is 4.05. The van der Waals surface area contributed by atoms with Gasteiger partial charge in [0, 0.05) is 30.8 Å². The van der Waals surface area contributed by atoms with E-state index in [1.54, 1.807) is 7.11 Å². The third kappa shape index (κ3) is 1.40. The Bertz CT molecular complexity index is 335. The van der Waals surface area contributed by atoms with Crippen LogP contribution in [0.3, 0.4) is 0 Å². The van der Waals surface area contributed by atoms with Crippen LogP contribution >= 0.6 is 0 Å². The summed E-state index contributed by atoms with van der Waals surface area (Å²) >= 11 is 0. The van der Waals surface area contributed by atoms with Gasteiger partial charge >= 0.3 is 0 Å². The number of rotatable bonds is 1. The largest absolute Gasteiger partial charge is 0.384 e. The van der Waals surface area contributed by atoms with Gasteiger partial charge in [0.05, 0.1) is 6.10 Å². The molecule has 76 valence electrons. The summed E-state index contributed by atoms with van der Waals surface area (Å²) in [4.78, 5) is 0. The maximum Gasteiger partial charge on any atom is 0.0883 e. The molecule has 2 rings (SSSR count). The smallest absolute Gasteiger partial charge is 0.0883 e. The molecule has 0 fully saturated rings. The molecule has 1 aliphatic heterocycles. The van der Waals surface area contributed by atoms with Crippen LogP contribution < -0.4 is 5.32 Å². The molecule has 1 aliphatic rings. The number of fused-ring (bicyclic) bond motifs is 1. The number of aryl methyl sites for hydroxylation is 1. The highest BCUT2D eigenvalue weighted by Crippen LogP contribution is 2.36. The molecule has 1 N–H and O–H groups in total. The molecule has 0 saturated heterocycles. The Morgan fingerprint density at radius 2 is 2.21 bits per heavy atom. The summed E-state index contributed by atoms with van der Waals surface area (Å²) in [6.45, 7) is 5.34. The van der Waals surface area contributed by atoms with Gasteiger partial charge in [0.25, 0.3) is 0 Å². The van der Waals surface area contributed by atoms with Crippen LogP contribution in [0.2, 0.25) is 0 Å². The molecule has 14 heavy (non-hydrogen) atoms. The van der Waals surface area contributed by atoms with Crippen LogP contribution in [0.15, 0.2) is 18.2 Å². The first-order valence-electron chi connectivity index (χ1n) is 5.10. The van der Waals surface area contributed by atoms with Crippen molar-refractivity contribution < 1.29 is 4.74 Å². The molecule has 0 bridgehead atoms. The maximum absolute atomic E-state index is 5.54. The predicted molar refractivity (Wildman–Crippen MR) is 58.6 cm³/mol. The van der Waals surface area contributed by atoms with Gasteiger partial charge in [0.1, 0.15) is 0 Å². The predicted octanol–water partition coefficient (Wildman–Crippen LogP) is 2.74. The van der Waals surface area contributed by atoms with Crippen LogP contribution in [0, 0.1) is 12.8 Å². The third-order valence-electron chi connectivity index (χ3n) is 2.98. The van der Waals surface area contributed by atoms with Gasteiger partial charge in [-0.1, -0.05) is 25.1 Å². The van der Waals surface area contributed by atoms with Crippen molar-refractivity contribution in [2.24, 2.45) is 5.92 Å². The number of hydrogen-bond acceptors (Lipinski definition) is 2. The lowest BCUT2D eigenvalue weighted by atomic mass is 9.90. The van der Waals surface area contributed by atoms with E-state index >= 15 is 0 Å². The molecule has 2 atom stereocenters. The lowest BCUT2D eigenvalue weighted by Crippen LogP contribution is -2.27. The summed E-state index contributed by atoms with van der Waals surface area (Å²) < 4.78 is 5.54. The molecule has 2 heteroatoms. The molecule has 0 saturated carbocycles. The van der Waals surface area contributed by atoms with E-state index in [-0.39, 0.29) is 6.10 Å². The van der Waals surface area contributed by atoms with Crippen molar-refractivity contribution >= 4 is 5.69 Å². The zero-order valence-corrected chi connectivity index (χ0v) is 9.00. The van der Waals surface area contributed by atoms with E-state index in [1.807, 2.05) is 0 Å². The molecular weight excluding hydrogens is 174 g/mol. The van der Waals surface area contributed by atoms with E-state index in [0.717, 1.165) is 6.54 Å². The zero-order valence-electron chi connectivity index (χ0n) is 9.00. The van der Waals surface area contributed by atoms with E-state index < -0.39 is 0 Å². The molecule has 0 aliphatic carbocycles. The van der Waals surface area contributed by atoms with Gasteiger partial charge in [-0.05, 0) is 12.5 Å². The first-order chi connectivity index (χ1) is 6.74. The fraction of sp³-hybridized carbons (Fsp3) is 0.500. The molecule has 0 spiro atoms. The molecule has 1 aromatic carbocycles. The van der Waals surface area contributed by atoms with E-state index in [1.165, 1.54) is 16.8 Å². The van der Waals surface area contributed by atoms with Gasteiger partial charge < -0.3 is 10.1 Å². The quantitative estimate of drug-likeness (QED) is 0.737. The SMILES string of the molecule is COC1c2cccc(C)c2NCC1C. The van der Waals surface area contributed by atoms with Gasteiger partial charge in [-0.2, -0.15) is 0 Å². The minimum absolute atomic E-state index is 0.242. The molecule has 0 aromatic heterocycles. The number of para-hydroxylation sites is 1. The molecule has 2 nitrogen and oxygen atoms in total. The number of nitrogens with one attached hydrogen (secondary N) is 1. The Morgan fingerprint density at radius 1 is 1.43 bits per heavy atom. The van der Waals surface area contributed by atoms with Gasteiger partial charge in [0.15, 0.2) is 0 Å². The van der Waals surface area contributed by atoms with Gasteiger partial charge in [0.2, 0.25) is 0 Å². The number of hydrogen-bond donors (Lipinski definition) is 1. The van der Waals surface area contributed by atoms with Crippen molar-refractivity contribution in [2.45, 2.75) is 20.0 Å². The van der Waals surface area contributed by atoms with E-state index in [9.17, 15) is 0 Å². The average molecular weight is 191 g/mol. The van der Waals surface area contributed by atoms with Crippen molar-refractivity contribution in [3.63, 3.8) is 0 Å². The Labute approximate surface area is 85.3 Å². The van der Waals surface area contributed by atoms with Crippen LogP contribution in [0.5, 0.6) is 0 Å². The van der Waals surface area contributed by atoms with Crippen LogP contribution in [0.1, 0.15) is 24.2 Å². The summed E-state index contributed by atoms with van der Waals surface area (Å²) in [5.41, 5.74) is 3.86. The molecule has 0 amide bonds. The highest BCUT2D eigenvalue weighted by atomic mass is 16.5. The second-order valence-electron chi connectivity index (χ2n) is 4.05. The Hall–Kier alpha value is -1.02. The zero-order chi connectivity index (χ0) is 10.1. The number of benzene rings is 1. The average Bonchev–Trinajstić information content (AvgIpc) is 2.18. The summed E-state index contributed by atoms with van der Waals surface area (Å²) in [6, 6.07) is 6.38. The summed E-state index contributed by atoms with van der Waals surface area (Å²) in [5, 5.41) is 3.46. The highest BCUT2D eigenvalue weighted by molar-refractivity contribution is 5.59. The molecule has 1 aromatic rings. The normalized spacial score (nSPS) is 25.4. The fourth-order valence-corrected chi connectivity index (χ4v) is 2.20. The molecule has 1 heterocycles. The van der Waals surface area contributed by atoms with Crippen molar-refractivity contribution in [2.75, 3.05) is 19.0 Å².